The number of carbonyl (C=O) groups is 1. The second-order valence-corrected chi connectivity index (χ2v) is 9.71. The molecule has 0 aliphatic carbocycles. The second-order valence-electron chi connectivity index (χ2n) is 7.19. The van der Waals surface area contributed by atoms with Crippen molar-refractivity contribution in [3.63, 3.8) is 0 Å². The standard InChI is InChI=1S/C22H18BrClN6OS/c1-3-32-22-26-21(31)18-15-11-13(23)9-10-16(15)25-20(30(18)28-22)17-12(2)27-29(19(17)24)14-7-5-4-6-8-14/h4-11,20H,3H2,1-2H3,(H,26,28,31)/t20-/m0/s1. The molecule has 10 heteroatoms. The van der Waals surface area contributed by atoms with Crippen LogP contribution < -0.4 is 15.9 Å². The molecule has 0 unspecified atom stereocenters. The summed E-state index contributed by atoms with van der Waals surface area (Å²) in [7, 11) is 0. The molecule has 5 rings (SSSR count). The minimum absolute atomic E-state index is 0.223. The molecule has 0 bridgehead atoms. The smallest absolute Gasteiger partial charge is 0.276 e. The molecule has 1 amide bonds. The Labute approximate surface area is 202 Å². The van der Waals surface area contributed by atoms with Gasteiger partial charge in [-0.25, -0.2) is 9.69 Å². The average molecular weight is 530 g/mol. The third-order valence-electron chi connectivity index (χ3n) is 5.16. The Kier molecular flexibility index (Phi) is 5.56. The third-order valence-corrected chi connectivity index (χ3v) is 6.76. The number of nitrogens with one attached hydrogen (secondary N) is 1. The number of hydrazone groups is 1. The molecule has 1 aromatic heterocycles. The fraction of sp³-hybridized carbons (Fsp3) is 0.182. The van der Waals surface area contributed by atoms with Crippen LogP contribution in [0, 0.1) is 6.92 Å². The van der Waals surface area contributed by atoms with Crippen LogP contribution in [0.3, 0.4) is 0 Å². The van der Waals surface area contributed by atoms with Gasteiger partial charge < -0.3 is 0 Å². The molecule has 1 N–H and O–H groups in total. The Balaban J connectivity index is 1.75. The Hall–Kier alpha value is -2.62. The van der Waals surface area contributed by atoms with Gasteiger partial charge in [0.15, 0.2) is 11.3 Å². The molecule has 0 fully saturated rings. The summed E-state index contributed by atoms with van der Waals surface area (Å²) in [5.41, 5.74) is 2.71. The SMILES string of the molecule is CCSC1=NN2C(=c3cc(Br)ccc3=N[C@@H]2c2c(C)nn(-c3ccccc3)c2Cl)C(=O)N1. The molecule has 2 aliphatic rings. The van der Waals surface area contributed by atoms with E-state index in [1.807, 2.05) is 62.4 Å². The number of aromatic nitrogens is 2. The topological polar surface area (TPSA) is 74.9 Å². The Morgan fingerprint density at radius 2 is 2.00 bits per heavy atom. The number of fused-ring (bicyclic) bond motifs is 2. The summed E-state index contributed by atoms with van der Waals surface area (Å²) in [4.78, 5) is 18.1. The molecule has 32 heavy (non-hydrogen) atoms. The minimum atomic E-state index is -0.623. The van der Waals surface area contributed by atoms with Gasteiger partial charge in [0.2, 0.25) is 0 Å². The van der Waals surface area contributed by atoms with Gasteiger partial charge in [0, 0.05) is 9.69 Å². The first-order valence-electron chi connectivity index (χ1n) is 9.98. The highest BCUT2D eigenvalue weighted by Gasteiger charge is 2.37. The first kappa shape index (κ1) is 21.2. The van der Waals surface area contributed by atoms with E-state index in [4.69, 9.17) is 21.7 Å². The quantitative estimate of drug-likeness (QED) is 0.564. The predicted octanol–water partition coefficient (Wildman–Crippen LogP) is 3.49. The fourth-order valence-electron chi connectivity index (χ4n) is 3.79. The predicted molar refractivity (Wildman–Crippen MR) is 130 cm³/mol. The van der Waals surface area contributed by atoms with E-state index in [2.05, 4.69) is 26.3 Å². The summed E-state index contributed by atoms with van der Waals surface area (Å²) >= 11 is 11.8. The number of amides is 1. The van der Waals surface area contributed by atoms with Gasteiger partial charge in [-0.3, -0.25) is 15.1 Å². The average Bonchev–Trinajstić information content (AvgIpc) is 3.07. The first-order valence-corrected chi connectivity index (χ1v) is 12.1. The Bertz CT molecular complexity index is 1390. The summed E-state index contributed by atoms with van der Waals surface area (Å²) in [6.07, 6.45) is -0.623. The van der Waals surface area contributed by atoms with Crippen molar-refractivity contribution in [3.8, 4) is 5.69 Å². The fourth-order valence-corrected chi connectivity index (χ4v) is 5.10. The number of halogens is 2. The molecule has 3 aromatic rings. The maximum atomic E-state index is 13.2. The number of amidine groups is 1. The highest BCUT2D eigenvalue weighted by atomic mass is 79.9. The van der Waals surface area contributed by atoms with E-state index in [-0.39, 0.29) is 5.91 Å². The van der Waals surface area contributed by atoms with Crippen LogP contribution in [0.4, 0.5) is 0 Å². The van der Waals surface area contributed by atoms with Crippen molar-refractivity contribution in [1.29, 1.82) is 0 Å². The van der Waals surface area contributed by atoms with E-state index in [9.17, 15) is 4.79 Å². The zero-order chi connectivity index (χ0) is 22.4. The molecule has 3 heterocycles. The lowest BCUT2D eigenvalue weighted by Crippen LogP contribution is -2.50. The van der Waals surface area contributed by atoms with Crippen LogP contribution in [0.25, 0.3) is 11.4 Å². The number of carbonyl (C=O) groups excluding carboxylic acids is 1. The number of benzene rings is 2. The van der Waals surface area contributed by atoms with Crippen molar-refractivity contribution < 1.29 is 4.79 Å². The van der Waals surface area contributed by atoms with Crippen LogP contribution in [0.2, 0.25) is 5.15 Å². The lowest BCUT2D eigenvalue weighted by Gasteiger charge is -2.34. The number of hydrogen-bond donors (Lipinski definition) is 1. The Morgan fingerprint density at radius 3 is 2.75 bits per heavy atom. The van der Waals surface area contributed by atoms with Gasteiger partial charge >= 0.3 is 0 Å². The van der Waals surface area contributed by atoms with Crippen LogP contribution >= 0.6 is 39.3 Å². The van der Waals surface area contributed by atoms with E-state index in [0.29, 0.717) is 32.2 Å². The zero-order valence-electron chi connectivity index (χ0n) is 17.2. The van der Waals surface area contributed by atoms with Crippen molar-refractivity contribution in [2.75, 3.05) is 5.75 Å². The largest absolute Gasteiger partial charge is 0.298 e. The third kappa shape index (κ3) is 3.54. The molecular formula is C22H18BrClN6OS. The van der Waals surface area contributed by atoms with Crippen molar-refractivity contribution >= 4 is 56.1 Å². The molecule has 1 atom stereocenters. The van der Waals surface area contributed by atoms with Crippen LogP contribution in [0.5, 0.6) is 0 Å². The van der Waals surface area contributed by atoms with Gasteiger partial charge in [-0.2, -0.15) is 5.10 Å². The van der Waals surface area contributed by atoms with Gasteiger partial charge in [0.25, 0.3) is 5.91 Å². The molecule has 7 nitrogen and oxygen atoms in total. The highest BCUT2D eigenvalue weighted by molar-refractivity contribution is 9.10. The van der Waals surface area contributed by atoms with Gasteiger partial charge in [-0.1, -0.05) is 64.4 Å². The van der Waals surface area contributed by atoms with E-state index in [0.717, 1.165) is 21.6 Å². The van der Waals surface area contributed by atoms with Crippen molar-refractivity contribution in [3.05, 3.63) is 80.0 Å². The number of nitrogens with zero attached hydrogens (tertiary/aromatic N) is 5. The van der Waals surface area contributed by atoms with Gasteiger partial charge in [0.05, 0.1) is 22.3 Å². The number of aryl methyl sites for hydroxylation is 1. The van der Waals surface area contributed by atoms with E-state index in [1.54, 1.807) is 9.69 Å². The molecule has 162 valence electrons. The Morgan fingerprint density at radius 1 is 1.22 bits per heavy atom. The molecule has 0 saturated heterocycles. The van der Waals surface area contributed by atoms with Crippen molar-refractivity contribution in [2.24, 2.45) is 10.1 Å². The lowest BCUT2D eigenvalue weighted by molar-refractivity contribution is -0.116. The second kappa shape index (κ2) is 8.38. The van der Waals surface area contributed by atoms with Gasteiger partial charge in [0.1, 0.15) is 10.9 Å². The zero-order valence-corrected chi connectivity index (χ0v) is 20.4. The van der Waals surface area contributed by atoms with Crippen molar-refractivity contribution in [1.82, 2.24) is 20.1 Å². The number of rotatable bonds is 3. The lowest BCUT2D eigenvalue weighted by atomic mass is 10.1. The monoisotopic (exact) mass is 528 g/mol. The first-order chi connectivity index (χ1) is 15.5. The normalized spacial score (nSPS) is 17.3. The van der Waals surface area contributed by atoms with Crippen LogP contribution in [0.1, 0.15) is 24.3 Å². The van der Waals surface area contributed by atoms with Crippen LogP contribution in [0.15, 0.2) is 63.1 Å². The number of thioether (sulfide) groups is 1. The highest BCUT2D eigenvalue weighted by Crippen LogP contribution is 2.37. The summed E-state index contributed by atoms with van der Waals surface area (Å²) in [6.45, 7) is 3.90. The summed E-state index contributed by atoms with van der Waals surface area (Å²) in [5, 5.41) is 16.3. The molecule has 0 saturated carbocycles. The number of para-hydroxylation sites is 1. The van der Waals surface area contributed by atoms with E-state index >= 15 is 0 Å². The van der Waals surface area contributed by atoms with Gasteiger partial charge in [-0.15, -0.1) is 5.10 Å². The maximum absolute atomic E-state index is 13.2. The molecule has 2 aromatic carbocycles. The summed E-state index contributed by atoms with van der Waals surface area (Å²) in [6, 6.07) is 15.3. The minimum Gasteiger partial charge on any atom is -0.298 e. The molecule has 0 spiro atoms. The summed E-state index contributed by atoms with van der Waals surface area (Å²) < 4.78 is 2.54. The molecule has 0 radical (unpaired) electrons. The van der Waals surface area contributed by atoms with E-state index in [1.165, 1.54) is 11.8 Å². The van der Waals surface area contributed by atoms with Crippen LogP contribution in [-0.2, 0) is 4.79 Å². The number of hydrogen-bond acceptors (Lipinski definition) is 6. The molecule has 2 aliphatic heterocycles. The van der Waals surface area contributed by atoms with Crippen molar-refractivity contribution in [2.45, 2.75) is 20.0 Å². The summed E-state index contributed by atoms with van der Waals surface area (Å²) in [5.74, 6) is 0.553. The van der Waals surface area contributed by atoms with Crippen LogP contribution in [-0.4, -0.2) is 31.6 Å². The molecular weight excluding hydrogens is 512 g/mol. The van der Waals surface area contributed by atoms with E-state index < -0.39 is 6.17 Å². The van der Waals surface area contributed by atoms with Gasteiger partial charge in [-0.05, 0) is 43.0 Å². The maximum Gasteiger partial charge on any atom is 0.276 e.